The smallest absolute Gasteiger partial charge is 0.341 e. The summed E-state index contributed by atoms with van der Waals surface area (Å²) in [4.78, 5) is 36.3. The Kier molecular flexibility index (Phi) is 3.95. The molecular formula is C18H12FNO4. The number of carbonyl (C=O) groups is 2. The molecule has 120 valence electrons. The maximum absolute atomic E-state index is 13.0. The Morgan fingerprint density at radius 3 is 2.38 bits per heavy atom. The minimum Gasteiger partial charge on any atom is -0.477 e. The molecule has 1 heterocycles. The first-order chi connectivity index (χ1) is 11.5. The Bertz CT molecular complexity index is 1010. The van der Waals surface area contributed by atoms with E-state index in [2.05, 4.69) is 0 Å². The molecule has 0 unspecified atom stereocenters. The molecule has 0 aliphatic rings. The van der Waals surface area contributed by atoms with E-state index in [9.17, 15) is 23.9 Å². The third-order valence-corrected chi connectivity index (χ3v) is 3.66. The van der Waals surface area contributed by atoms with Crippen LogP contribution in [0.4, 0.5) is 4.39 Å². The van der Waals surface area contributed by atoms with E-state index >= 15 is 0 Å². The number of carboxylic acid groups (broad SMARTS) is 1. The molecule has 24 heavy (non-hydrogen) atoms. The van der Waals surface area contributed by atoms with Gasteiger partial charge < -0.3 is 5.11 Å². The van der Waals surface area contributed by atoms with Crippen molar-refractivity contribution in [2.45, 2.75) is 6.42 Å². The number of carbonyl (C=O) groups excluding carboxylic acids is 1. The zero-order valence-electron chi connectivity index (χ0n) is 12.4. The van der Waals surface area contributed by atoms with E-state index in [-0.39, 0.29) is 6.42 Å². The molecule has 0 radical (unpaired) electrons. The molecule has 6 heteroatoms. The topological polar surface area (TPSA) is 76.4 Å². The summed E-state index contributed by atoms with van der Waals surface area (Å²) in [6, 6.07) is 13.1. The van der Waals surface area contributed by atoms with Crippen molar-refractivity contribution >= 4 is 22.8 Å². The normalized spacial score (nSPS) is 10.7. The van der Waals surface area contributed by atoms with Gasteiger partial charge in [-0.2, -0.15) is 0 Å². The van der Waals surface area contributed by atoms with Crippen LogP contribution in [0, 0.1) is 5.82 Å². The summed E-state index contributed by atoms with van der Waals surface area (Å²) >= 11 is 0. The van der Waals surface area contributed by atoms with Gasteiger partial charge in [-0.1, -0.05) is 30.3 Å². The molecule has 0 saturated heterocycles. The lowest BCUT2D eigenvalue weighted by atomic mass is 10.1. The molecule has 1 aromatic heterocycles. The first kappa shape index (κ1) is 15.6. The van der Waals surface area contributed by atoms with Crippen LogP contribution in [0.3, 0.4) is 0 Å². The van der Waals surface area contributed by atoms with Crippen molar-refractivity contribution in [3.8, 4) is 0 Å². The molecule has 0 aliphatic heterocycles. The van der Waals surface area contributed by atoms with Crippen LogP contribution in [0.25, 0.3) is 10.9 Å². The van der Waals surface area contributed by atoms with E-state index in [0.29, 0.717) is 16.5 Å². The van der Waals surface area contributed by atoms with Gasteiger partial charge in [0.1, 0.15) is 11.4 Å². The number of pyridine rings is 1. The largest absolute Gasteiger partial charge is 0.477 e. The number of halogens is 1. The fourth-order valence-electron chi connectivity index (χ4n) is 2.52. The number of benzene rings is 2. The van der Waals surface area contributed by atoms with E-state index in [1.807, 2.05) is 0 Å². The summed E-state index contributed by atoms with van der Waals surface area (Å²) < 4.78 is 13.8. The molecular weight excluding hydrogens is 313 g/mol. The zero-order chi connectivity index (χ0) is 17.3. The number of hydrogen-bond donors (Lipinski definition) is 1. The van der Waals surface area contributed by atoms with Crippen molar-refractivity contribution in [2.24, 2.45) is 0 Å². The fraction of sp³-hybridized carbons (Fsp3) is 0.0556. The second kappa shape index (κ2) is 6.08. The van der Waals surface area contributed by atoms with E-state index in [1.165, 1.54) is 30.3 Å². The van der Waals surface area contributed by atoms with Crippen molar-refractivity contribution in [1.82, 2.24) is 4.57 Å². The van der Waals surface area contributed by atoms with Gasteiger partial charge in [-0.25, -0.2) is 13.8 Å². The van der Waals surface area contributed by atoms with Crippen LogP contribution in [0.1, 0.15) is 20.7 Å². The number of hydrogen-bond acceptors (Lipinski definition) is 3. The lowest BCUT2D eigenvalue weighted by Crippen LogP contribution is -2.32. The Morgan fingerprint density at radius 1 is 1.04 bits per heavy atom. The van der Waals surface area contributed by atoms with E-state index in [1.54, 1.807) is 24.3 Å². The first-order valence-electron chi connectivity index (χ1n) is 7.13. The van der Waals surface area contributed by atoms with Gasteiger partial charge in [-0.05, 0) is 35.2 Å². The van der Waals surface area contributed by atoms with Crippen molar-refractivity contribution < 1.29 is 19.1 Å². The fourth-order valence-corrected chi connectivity index (χ4v) is 2.52. The highest BCUT2D eigenvalue weighted by molar-refractivity contribution is 5.97. The van der Waals surface area contributed by atoms with Gasteiger partial charge >= 0.3 is 5.97 Å². The van der Waals surface area contributed by atoms with Crippen LogP contribution in [0.15, 0.2) is 59.4 Å². The minimum absolute atomic E-state index is 0.146. The number of rotatable bonds is 3. The lowest BCUT2D eigenvalue weighted by molar-refractivity contribution is 0.0694. The van der Waals surface area contributed by atoms with Crippen LogP contribution in [0.5, 0.6) is 0 Å². The highest BCUT2D eigenvalue weighted by Gasteiger charge is 2.19. The highest BCUT2D eigenvalue weighted by atomic mass is 19.1. The molecule has 0 spiro atoms. The second-order valence-corrected chi connectivity index (χ2v) is 5.26. The van der Waals surface area contributed by atoms with Crippen molar-refractivity contribution in [2.75, 3.05) is 0 Å². The molecule has 1 N–H and O–H groups in total. The molecule has 0 atom stereocenters. The number of fused-ring (bicyclic) bond motifs is 1. The van der Waals surface area contributed by atoms with Crippen molar-refractivity contribution in [3.05, 3.63) is 81.9 Å². The third kappa shape index (κ3) is 2.81. The standard InChI is InChI=1S/C18H12FNO4/c19-13-7-5-11(6-8-13)9-16(21)20-15-4-2-1-3-12(15)10-14(17(20)22)18(23)24/h1-8,10H,9H2,(H,23,24). The molecule has 5 nitrogen and oxygen atoms in total. The zero-order valence-corrected chi connectivity index (χ0v) is 12.4. The summed E-state index contributed by atoms with van der Waals surface area (Å²) in [7, 11) is 0. The van der Waals surface area contributed by atoms with Crippen molar-refractivity contribution in [1.29, 1.82) is 0 Å². The molecule has 0 bridgehead atoms. The maximum Gasteiger partial charge on any atom is 0.341 e. The highest BCUT2D eigenvalue weighted by Crippen LogP contribution is 2.14. The summed E-state index contributed by atoms with van der Waals surface area (Å²) in [6.45, 7) is 0. The Hall–Kier alpha value is -3.28. The predicted molar refractivity (Wildman–Crippen MR) is 85.9 cm³/mol. The van der Waals surface area contributed by atoms with Gasteiger partial charge in [0.2, 0.25) is 5.91 Å². The number of carboxylic acids is 1. The number of aromatic nitrogens is 1. The van der Waals surface area contributed by atoms with Gasteiger partial charge in [0.25, 0.3) is 5.56 Å². The third-order valence-electron chi connectivity index (χ3n) is 3.66. The van der Waals surface area contributed by atoms with Crippen LogP contribution >= 0.6 is 0 Å². The van der Waals surface area contributed by atoms with Gasteiger partial charge in [0.05, 0.1) is 11.9 Å². The first-order valence-corrected chi connectivity index (χ1v) is 7.13. The average molecular weight is 325 g/mol. The lowest BCUT2D eigenvalue weighted by Gasteiger charge is -2.10. The summed E-state index contributed by atoms with van der Waals surface area (Å²) in [5.74, 6) is -2.40. The molecule has 3 rings (SSSR count). The Morgan fingerprint density at radius 2 is 1.71 bits per heavy atom. The summed E-state index contributed by atoms with van der Waals surface area (Å²) in [6.07, 6.45) is -0.146. The maximum atomic E-state index is 13.0. The second-order valence-electron chi connectivity index (χ2n) is 5.26. The van der Waals surface area contributed by atoms with Crippen molar-refractivity contribution in [3.63, 3.8) is 0 Å². The SMILES string of the molecule is O=C(O)c1cc2ccccc2n(C(=O)Cc2ccc(F)cc2)c1=O. The number of aromatic carboxylic acids is 1. The molecule has 0 aliphatic carbocycles. The van der Waals surface area contributed by atoms with E-state index in [4.69, 9.17) is 0 Å². The van der Waals surface area contributed by atoms with E-state index < -0.39 is 28.8 Å². The quantitative estimate of drug-likeness (QED) is 0.803. The Balaban J connectivity index is 2.15. The number of nitrogens with zero attached hydrogens (tertiary/aromatic N) is 1. The average Bonchev–Trinajstić information content (AvgIpc) is 2.56. The summed E-state index contributed by atoms with van der Waals surface area (Å²) in [5.41, 5.74) is -0.493. The van der Waals surface area contributed by atoms with Gasteiger partial charge in [-0.15, -0.1) is 0 Å². The van der Waals surface area contributed by atoms with Gasteiger partial charge in [0.15, 0.2) is 0 Å². The van der Waals surface area contributed by atoms with Crippen LogP contribution < -0.4 is 5.56 Å². The molecule has 0 fully saturated rings. The predicted octanol–water partition coefficient (Wildman–Crippen LogP) is 2.72. The molecule has 3 aromatic rings. The number of para-hydroxylation sites is 1. The van der Waals surface area contributed by atoms with Gasteiger partial charge in [-0.3, -0.25) is 9.59 Å². The molecule has 2 aromatic carbocycles. The molecule has 0 saturated carbocycles. The van der Waals surface area contributed by atoms with Crippen LogP contribution in [0.2, 0.25) is 0 Å². The van der Waals surface area contributed by atoms with Crippen LogP contribution in [-0.4, -0.2) is 21.6 Å². The van der Waals surface area contributed by atoms with Crippen LogP contribution in [-0.2, 0) is 6.42 Å². The van der Waals surface area contributed by atoms with E-state index in [0.717, 1.165) is 4.57 Å². The summed E-state index contributed by atoms with van der Waals surface area (Å²) in [5, 5.41) is 9.66. The molecule has 0 amide bonds. The monoisotopic (exact) mass is 325 g/mol. The van der Waals surface area contributed by atoms with Gasteiger partial charge in [0, 0.05) is 0 Å². The Labute approximate surface area is 135 Å². The minimum atomic E-state index is -1.39.